The van der Waals surface area contributed by atoms with Crippen molar-refractivity contribution in [1.29, 1.82) is 0 Å². The maximum absolute atomic E-state index is 13.2. The van der Waals surface area contributed by atoms with Gasteiger partial charge in [-0.1, -0.05) is 31.4 Å². The fourth-order valence-electron chi connectivity index (χ4n) is 4.72. The minimum absolute atomic E-state index is 0.0722. The molecule has 1 aromatic rings. The molecule has 1 aliphatic carbocycles. The molecule has 154 valence electrons. The summed E-state index contributed by atoms with van der Waals surface area (Å²) in [6, 6.07) is 6.95. The Hall–Kier alpha value is -1.66. The molecule has 28 heavy (non-hydrogen) atoms. The number of nitrogens with zero attached hydrogens (tertiary/aromatic N) is 1. The molecule has 3 aliphatic rings. The van der Waals surface area contributed by atoms with E-state index in [0.717, 1.165) is 37.9 Å². The molecular weight excluding hydrogens is 359 g/mol. The summed E-state index contributed by atoms with van der Waals surface area (Å²) in [7, 11) is 0. The van der Waals surface area contributed by atoms with Gasteiger partial charge in [0.2, 0.25) is 0 Å². The molecule has 2 aliphatic heterocycles. The second kappa shape index (κ2) is 8.78. The van der Waals surface area contributed by atoms with Gasteiger partial charge in [0.1, 0.15) is 11.4 Å². The topological polar surface area (TPSA) is 50.8 Å². The molecular formula is C22H31FN2O3. The van der Waals surface area contributed by atoms with Crippen LogP contribution in [0.4, 0.5) is 9.18 Å². The van der Waals surface area contributed by atoms with Gasteiger partial charge in [-0.3, -0.25) is 0 Å². The van der Waals surface area contributed by atoms with E-state index in [2.05, 4.69) is 5.32 Å². The van der Waals surface area contributed by atoms with E-state index in [1.165, 1.54) is 31.4 Å². The standard InChI is InChI=1S/C22H31FN2O3/c23-19-6-4-5-17(11-19)13-27-10-9-18-12-22(28-14-18)15-25(16-22)21(26)24-20-7-2-1-3-8-20/h4-6,11,18,20H,1-3,7-10,12-16H2,(H,24,26). The molecule has 1 unspecified atom stereocenters. The highest BCUT2D eigenvalue weighted by molar-refractivity contribution is 5.75. The Kier molecular flexibility index (Phi) is 6.16. The van der Waals surface area contributed by atoms with Crippen LogP contribution in [0, 0.1) is 11.7 Å². The number of nitrogens with one attached hydrogen (secondary N) is 1. The monoisotopic (exact) mass is 390 g/mol. The Morgan fingerprint density at radius 2 is 2.11 bits per heavy atom. The fraction of sp³-hybridized carbons (Fsp3) is 0.682. The molecule has 3 fully saturated rings. The second-order valence-corrected chi connectivity index (χ2v) is 8.68. The van der Waals surface area contributed by atoms with E-state index in [4.69, 9.17) is 9.47 Å². The van der Waals surface area contributed by atoms with E-state index in [1.807, 2.05) is 11.0 Å². The lowest BCUT2D eigenvalue weighted by molar-refractivity contribution is -0.0917. The summed E-state index contributed by atoms with van der Waals surface area (Å²) in [5.74, 6) is 0.241. The molecule has 1 N–H and O–H groups in total. The van der Waals surface area contributed by atoms with E-state index in [9.17, 15) is 9.18 Å². The molecule has 6 heteroatoms. The van der Waals surface area contributed by atoms with Gasteiger partial charge in [-0.15, -0.1) is 0 Å². The van der Waals surface area contributed by atoms with Crippen molar-refractivity contribution >= 4 is 6.03 Å². The number of likely N-dealkylation sites (tertiary alicyclic amines) is 1. The van der Waals surface area contributed by atoms with Crippen LogP contribution in [0.3, 0.4) is 0 Å². The van der Waals surface area contributed by atoms with Crippen molar-refractivity contribution in [1.82, 2.24) is 10.2 Å². The lowest BCUT2D eigenvalue weighted by Gasteiger charge is -2.47. The molecule has 2 heterocycles. The quantitative estimate of drug-likeness (QED) is 0.751. The van der Waals surface area contributed by atoms with Crippen molar-refractivity contribution in [2.24, 2.45) is 5.92 Å². The maximum atomic E-state index is 13.2. The highest BCUT2D eigenvalue weighted by Gasteiger charge is 2.51. The third-order valence-corrected chi connectivity index (χ3v) is 6.29. The number of carbonyl (C=O) groups is 1. The number of amides is 2. The SMILES string of the molecule is O=C(NC1CCCCC1)N1CC2(CC(CCOCc3cccc(F)c3)CO2)C1. The second-order valence-electron chi connectivity index (χ2n) is 8.68. The average molecular weight is 390 g/mol. The molecule has 1 spiro atoms. The number of urea groups is 1. The predicted octanol–water partition coefficient (Wildman–Crippen LogP) is 3.87. The molecule has 4 rings (SSSR count). The van der Waals surface area contributed by atoms with Crippen LogP contribution in [-0.4, -0.2) is 48.9 Å². The van der Waals surface area contributed by atoms with Crippen molar-refractivity contribution in [3.63, 3.8) is 0 Å². The molecule has 2 amide bonds. The van der Waals surface area contributed by atoms with E-state index in [0.29, 0.717) is 38.3 Å². The van der Waals surface area contributed by atoms with Gasteiger partial charge in [0, 0.05) is 12.6 Å². The Balaban J connectivity index is 1.12. The minimum Gasteiger partial charge on any atom is -0.377 e. The highest BCUT2D eigenvalue weighted by Crippen LogP contribution is 2.39. The fourth-order valence-corrected chi connectivity index (χ4v) is 4.72. The molecule has 5 nitrogen and oxygen atoms in total. The van der Waals surface area contributed by atoms with Gasteiger partial charge < -0.3 is 19.7 Å². The Morgan fingerprint density at radius 3 is 2.89 bits per heavy atom. The van der Waals surface area contributed by atoms with Crippen LogP contribution >= 0.6 is 0 Å². The van der Waals surface area contributed by atoms with Crippen molar-refractivity contribution in [3.05, 3.63) is 35.6 Å². The molecule has 1 saturated carbocycles. The van der Waals surface area contributed by atoms with Gasteiger partial charge in [-0.05, 0) is 49.3 Å². The number of carbonyl (C=O) groups excluding carboxylic acids is 1. The van der Waals surface area contributed by atoms with E-state index in [1.54, 1.807) is 6.07 Å². The Morgan fingerprint density at radius 1 is 1.29 bits per heavy atom. The van der Waals surface area contributed by atoms with Crippen molar-refractivity contribution in [3.8, 4) is 0 Å². The number of halogens is 1. The lowest BCUT2D eigenvalue weighted by atomic mass is 9.86. The summed E-state index contributed by atoms with van der Waals surface area (Å²) in [6.45, 7) is 3.22. The normalized spacial score (nSPS) is 24.3. The number of hydrogen-bond acceptors (Lipinski definition) is 3. The zero-order valence-corrected chi connectivity index (χ0v) is 16.5. The third-order valence-electron chi connectivity index (χ3n) is 6.29. The summed E-state index contributed by atoms with van der Waals surface area (Å²) in [5.41, 5.74) is 0.717. The summed E-state index contributed by atoms with van der Waals surface area (Å²) in [4.78, 5) is 14.3. The molecule has 0 bridgehead atoms. The van der Waals surface area contributed by atoms with Gasteiger partial charge >= 0.3 is 6.03 Å². The van der Waals surface area contributed by atoms with Crippen LogP contribution in [0.15, 0.2) is 24.3 Å². The summed E-state index contributed by atoms with van der Waals surface area (Å²) < 4.78 is 24.9. The van der Waals surface area contributed by atoms with Crippen molar-refractivity contribution in [2.75, 3.05) is 26.3 Å². The molecule has 0 radical (unpaired) electrons. The smallest absolute Gasteiger partial charge is 0.317 e. The summed E-state index contributed by atoms with van der Waals surface area (Å²) in [6.07, 6.45) is 7.88. The van der Waals surface area contributed by atoms with Crippen molar-refractivity contribution < 1.29 is 18.7 Å². The minimum atomic E-state index is -0.228. The first-order valence-corrected chi connectivity index (χ1v) is 10.6. The highest BCUT2D eigenvalue weighted by atomic mass is 19.1. The molecule has 2 saturated heterocycles. The Bertz CT molecular complexity index is 672. The molecule has 1 atom stereocenters. The first-order valence-electron chi connectivity index (χ1n) is 10.6. The number of benzene rings is 1. The average Bonchev–Trinajstić information content (AvgIpc) is 3.10. The van der Waals surface area contributed by atoms with Gasteiger partial charge in [-0.2, -0.15) is 0 Å². The van der Waals surface area contributed by atoms with Gasteiger partial charge in [0.05, 0.1) is 26.3 Å². The number of hydrogen-bond donors (Lipinski definition) is 1. The van der Waals surface area contributed by atoms with Crippen LogP contribution in [0.2, 0.25) is 0 Å². The summed E-state index contributed by atoms with van der Waals surface area (Å²) in [5, 5.41) is 3.18. The lowest BCUT2D eigenvalue weighted by Crippen LogP contribution is -2.65. The molecule has 1 aromatic carbocycles. The third kappa shape index (κ3) is 4.84. The largest absolute Gasteiger partial charge is 0.377 e. The van der Waals surface area contributed by atoms with Crippen LogP contribution in [0.1, 0.15) is 50.5 Å². The van der Waals surface area contributed by atoms with Crippen LogP contribution in [-0.2, 0) is 16.1 Å². The predicted molar refractivity (Wildman–Crippen MR) is 104 cm³/mol. The van der Waals surface area contributed by atoms with E-state index in [-0.39, 0.29) is 17.4 Å². The maximum Gasteiger partial charge on any atom is 0.317 e. The summed E-state index contributed by atoms with van der Waals surface area (Å²) >= 11 is 0. The van der Waals surface area contributed by atoms with Crippen molar-refractivity contribution in [2.45, 2.75) is 63.2 Å². The Labute approximate surface area is 166 Å². The number of rotatable bonds is 6. The van der Waals surface area contributed by atoms with Crippen LogP contribution in [0.25, 0.3) is 0 Å². The zero-order valence-electron chi connectivity index (χ0n) is 16.5. The first kappa shape index (κ1) is 19.6. The first-order chi connectivity index (χ1) is 13.6. The molecule has 0 aromatic heterocycles. The number of ether oxygens (including phenoxy) is 2. The van der Waals surface area contributed by atoms with Gasteiger partial charge in [0.15, 0.2) is 0 Å². The van der Waals surface area contributed by atoms with E-state index < -0.39 is 0 Å². The zero-order chi connectivity index (χ0) is 19.4. The van der Waals surface area contributed by atoms with Gasteiger partial charge in [0.25, 0.3) is 0 Å². The van der Waals surface area contributed by atoms with Gasteiger partial charge in [-0.25, -0.2) is 9.18 Å². The van der Waals surface area contributed by atoms with Crippen LogP contribution in [0.5, 0.6) is 0 Å². The van der Waals surface area contributed by atoms with E-state index >= 15 is 0 Å². The van der Waals surface area contributed by atoms with Crippen LogP contribution < -0.4 is 5.32 Å².